The van der Waals surface area contributed by atoms with Gasteiger partial charge in [-0.3, -0.25) is 0 Å². The van der Waals surface area contributed by atoms with Gasteiger partial charge in [0.1, 0.15) is 6.61 Å². The molecule has 0 atom stereocenters. The summed E-state index contributed by atoms with van der Waals surface area (Å²) in [7, 11) is 0. The fraction of sp³-hybridized carbons (Fsp3) is 0.167. The first-order chi connectivity index (χ1) is 12.5. The van der Waals surface area contributed by atoms with Gasteiger partial charge in [-0.15, -0.1) is 0 Å². The third-order valence-electron chi connectivity index (χ3n) is 3.74. The van der Waals surface area contributed by atoms with Gasteiger partial charge in [-0.05, 0) is 36.4 Å². The summed E-state index contributed by atoms with van der Waals surface area (Å²) in [5, 5.41) is 0.794. The first-order valence-electron chi connectivity index (χ1n) is 7.50. The summed E-state index contributed by atoms with van der Waals surface area (Å²) >= 11 is 3.31. The lowest BCUT2D eigenvalue weighted by molar-refractivity contribution is -0.143. The molecule has 0 fully saturated rings. The van der Waals surface area contributed by atoms with Crippen LogP contribution in [0.2, 0.25) is 0 Å². The van der Waals surface area contributed by atoms with Crippen LogP contribution in [0.3, 0.4) is 0 Å². The van der Waals surface area contributed by atoms with Crippen LogP contribution in [-0.4, -0.2) is 4.98 Å². The minimum absolute atomic E-state index is 0.0674. The molecular weight excluding hydrogens is 440 g/mol. The monoisotopic (exact) mass is 449 g/mol. The second-order valence-electron chi connectivity index (χ2n) is 5.64. The Hall–Kier alpha value is -2.29. The van der Waals surface area contributed by atoms with E-state index in [1.165, 1.54) is 6.07 Å². The SMILES string of the molecule is FC(F)(F)c1ccc(COc2ccc3cc(Br)ccc3n2)c(C(F)(F)F)c1. The molecule has 9 heteroatoms. The van der Waals surface area contributed by atoms with Crippen molar-refractivity contribution in [1.29, 1.82) is 0 Å². The molecule has 0 radical (unpaired) electrons. The van der Waals surface area contributed by atoms with Crippen molar-refractivity contribution in [3.8, 4) is 5.88 Å². The van der Waals surface area contributed by atoms with E-state index in [-0.39, 0.29) is 11.9 Å². The molecule has 0 aliphatic rings. The maximum Gasteiger partial charge on any atom is 0.416 e. The number of halogens is 7. The average molecular weight is 450 g/mol. The van der Waals surface area contributed by atoms with Crippen molar-refractivity contribution in [2.24, 2.45) is 0 Å². The largest absolute Gasteiger partial charge is 0.473 e. The zero-order valence-electron chi connectivity index (χ0n) is 13.3. The van der Waals surface area contributed by atoms with E-state index in [1.807, 2.05) is 6.07 Å². The highest BCUT2D eigenvalue weighted by Crippen LogP contribution is 2.37. The molecule has 0 bridgehead atoms. The summed E-state index contributed by atoms with van der Waals surface area (Å²) in [5.41, 5.74) is -2.60. The molecule has 3 rings (SSSR count). The molecule has 0 saturated carbocycles. The van der Waals surface area contributed by atoms with Gasteiger partial charge < -0.3 is 4.74 Å². The van der Waals surface area contributed by atoms with Gasteiger partial charge >= 0.3 is 12.4 Å². The van der Waals surface area contributed by atoms with E-state index in [0.29, 0.717) is 11.6 Å². The summed E-state index contributed by atoms with van der Waals surface area (Å²) in [4.78, 5) is 4.18. The summed E-state index contributed by atoms with van der Waals surface area (Å²) in [6.45, 7) is -0.567. The lowest BCUT2D eigenvalue weighted by Crippen LogP contribution is -2.14. The lowest BCUT2D eigenvalue weighted by atomic mass is 10.0. The summed E-state index contributed by atoms with van der Waals surface area (Å²) in [5.74, 6) is 0.0674. The molecule has 27 heavy (non-hydrogen) atoms. The number of pyridine rings is 1. The Morgan fingerprint density at radius 2 is 1.59 bits per heavy atom. The van der Waals surface area contributed by atoms with Gasteiger partial charge in [0.2, 0.25) is 5.88 Å². The molecule has 0 amide bonds. The Kier molecular flexibility index (Phi) is 5.07. The van der Waals surface area contributed by atoms with Crippen molar-refractivity contribution in [3.05, 3.63) is 69.7 Å². The van der Waals surface area contributed by atoms with Crippen molar-refractivity contribution in [1.82, 2.24) is 4.98 Å². The molecule has 0 N–H and O–H groups in total. The summed E-state index contributed by atoms with van der Waals surface area (Å²) in [6, 6.07) is 9.87. The minimum atomic E-state index is -4.94. The Balaban J connectivity index is 1.88. The molecule has 1 heterocycles. The summed E-state index contributed by atoms with van der Waals surface area (Å²) in [6.07, 6.45) is -9.81. The lowest BCUT2D eigenvalue weighted by Gasteiger charge is -2.16. The molecule has 0 aliphatic carbocycles. The third-order valence-corrected chi connectivity index (χ3v) is 4.24. The van der Waals surface area contributed by atoms with Crippen LogP contribution in [0, 0.1) is 0 Å². The molecule has 142 valence electrons. The fourth-order valence-electron chi connectivity index (χ4n) is 2.45. The van der Waals surface area contributed by atoms with Crippen LogP contribution in [0.15, 0.2) is 53.0 Å². The predicted molar refractivity (Wildman–Crippen MR) is 90.2 cm³/mol. The number of ether oxygens (including phenoxy) is 1. The second-order valence-corrected chi connectivity index (χ2v) is 6.56. The van der Waals surface area contributed by atoms with Crippen LogP contribution >= 0.6 is 15.9 Å². The minimum Gasteiger partial charge on any atom is -0.473 e. The molecule has 0 spiro atoms. The average Bonchev–Trinajstić information content (AvgIpc) is 2.58. The Morgan fingerprint density at radius 1 is 0.852 bits per heavy atom. The van der Waals surface area contributed by atoms with Crippen molar-refractivity contribution in [2.75, 3.05) is 0 Å². The highest BCUT2D eigenvalue weighted by molar-refractivity contribution is 9.10. The van der Waals surface area contributed by atoms with Gasteiger partial charge in [-0.1, -0.05) is 22.0 Å². The number of benzene rings is 2. The van der Waals surface area contributed by atoms with Crippen LogP contribution in [-0.2, 0) is 19.0 Å². The third kappa shape index (κ3) is 4.52. The molecule has 2 nitrogen and oxygen atoms in total. The molecule has 3 aromatic rings. The number of hydrogen-bond acceptors (Lipinski definition) is 2. The Labute approximate surface area is 157 Å². The van der Waals surface area contributed by atoms with Crippen LogP contribution in [0.25, 0.3) is 10.9 Å². The van der Waals surface area contributed by atoms with Crippen LogP contribution in [0.4, 0.5) is 26.3 Å². The fourth-order valence-corrected chi connectivity index (χ4v) is 2.83. The number of alkyl halides is 6. The normalized spacial score (nSPS) is 12.4. The number of rotatable bonds is 3. The highest BCUT2D eigenvalue weighted by Gasteiger charge is 2.38. The van der Waals surface area contributed by atoms with E-state index in [4.69, 9.17) is 4.74 Å². The first kappa shape index (κ1) is 19.5. The Bertz CT molecular complexity index is 984. The van der Waals surface area contributed by atoms with E-state index in [9.17, 15) is 26.3 Å². The van der Waals surface area contributed by atoms with E-state index in [1.54, 1.807) is 18.2 Å². The summed E-state index contributed by atoms with van der Waals surface area (Å²) < 4.78 is 83.7. The molecule has 2 aromatic carbocycles. The predicted octanol–water partition coefficient (Wildman–Crippen LogP) is 6.61. The van der Waals surface area contributed by atoms with Gasteiger partial charge in [-0.2, -0.15) is 26.3 Å². The maximum absolute atomic E-state index is 13.1. The molecule has 0 unspecified atom stereocenters. The van der Waals surface area contributed by atoms with Crippen LogP contribution < -0.4 is 4.74 Å². The van der Waals surface area contributed by atoms with Crippen molar-refractivity contribution in [2.45, 2.75) is 19.0 Å². The van der Waals surface area contributed by atoms with Gasteiger partial charge in [-0.25, -0.2) is 4.98 Å². The van der Waals surface area contributed by atoms with Gasteiger partial charge in [0.05, 0.1) is 16.6 Å². The van der Waals surface area contributed by atoms with E-state index < -0.39 is 35.6 Å². The van der Waals surface area contributed by atoms with Gasteiger partial charge in [0.15, 0.2) is 0 Å². The topological polar surface area (TPSA) is 22.1 Å². The molecule has 1 aromatic heterocycles. The van der Waals surface area contributed by atoms with E-state index in [0.717, 1.165) is 15.9 Å². The number of aromatic nitrogens is 1. The van der Waals surface area contributed by atoms with E-state index >= 15 is 0 Å². The zero-order valence-corrected chi connectivity index (χ0v) is 14.9. The molecule has 0 saturated heterocycles. The highest BCUT2D eigenvalue weighted by atomic mass is 79.9. The van der Waals surface area contributed by atoms with Gasteiger partial charge in [0, 0.05) is 21.5 Å². The quantitative estimate of drug-likeness (QED) is 0.419. The number of nitrogens with zero attached hydrogens (tertiary/aromatic N) is 1. The van der Waals surface area contributed by atoms with E-state index in [2.05, 4.69) is 20.9 Å². The Morgan fingerprint density at radius 3 is 2.26 bits per heavy atom. The van der Waals surface area contributed by atoms with Crippen molar-refractivity contribution >= 4 is 26.8 Å². The molecular formula is C18H10BrF6NO. The molecule has 0 aliphatic heterocycles. The zero-order chi connectivity index (χ0) is 19.8. The number of hydrogen-bond donors (Lipinski definition) is 0. The van der Waals surface area contributed by atoms with Crippen molar-refractivity contribution < 1.29 is 31.1 Å². The number of fused-ring (bicyclic) bond motifs is 1. The van der Waals surface area contributed by atoms with Crippen LogP contribution in [0.1, 0.15) is 16.7 Å². The second kappa shape index (κ2) is 7.03. The smallest absolute Gasteiger partial charge is 0.416 e. The van der Waals surface area contributed by atoms with Crippen LogP contribution in [0.5, 0.6) is 5.88 Å². The standard InChI is InChI=1S/C18H10BrF6NO/c19-13-4-5-15-10(7-13)2-6-16(26-15)27-9-11-1-3-12(17(20,21)22)8-14(11)18(23,24)25/h1-8H,9H2. The first-order valence-corrected chi connectivity index (χ1v) is 8.30. The van der Waals surface area contributed by atoms with Gasteiger partial charge in [0.25, 0.3) is 0 Å². The van der Waals surface area contributed by atoms with Crippen molar-refractivity contribution in [3.63, 3.8) is 0 Å². The maximum atomic E-state index is 13.1.